The number of aromatic nitrogens is 3. The number of hydrogen-bond donors (Lipinski definition) is 1. The molecule has 1 N–H and O–H groups in total. The second-order valence-electron chi connectivity index (χ2n) is 5.37. The third-order valence-corrected chi connectivity index (χ3v) is 4.59. The van der Waals surface area contributed by atoms with Crippen molar-refractivity contribution in [2.45, 2.75) is 38.0 Å². The Morgan fingerprint density at radius 1 is 1.43 bits per heavy atom. The van der Waals surface area contributed by atoms with Crippen molar-refractivity contribution in [1.82, 2.24) is 19.7 Å². The van der Waals surface area contributed by atoms with Crippen LogP contribution in [-0.4, -0.2) is 69.2 Å². The molecule has 1 aliphatic heterocycles. The SMILES string of the molecule is CCn1c(SCC(=O)O)nnc1N1CCCN(C)CC1C. The lowest BCUT2D eigenvalue weighted by atomic mass is 10.3. The van der Waals surface area contributed by atoms with Gasteiger partial charge in [0.2, 0.25) is 5.95 Å². The molecule has 1 unspecified atom stereocenters. The molecule has 0 spiro atoms. The molecule has 0 saturated carbocycles. The van der Waals surface area contributed by atoms with Crippen molar-refractivity contribution in [3.8, 4) is 0 Å². The van der Waals surface area contributed by atoms with E-state index < -0.39 is 5.97 Å². The fourth-order valence-electron chi connectivity index (χ4n) is 2.67. The summed E-state index contributed by atoms with van der Waals surface area (Å²) >= 11 is 1.22. The fourth-order valence-corrected chi connectivity index (χ4v) is 3.39. The first-order chi connectivity index (χ1) is 10.0. The molecule has 8 heteroatoms. The molecule has 21 heavy (non-hydrogen) atoms. The number of carboxylic acids is 1. The number of hydrogen-bond acceptors (Lipinski definition) is 6. The molecule has 0 amide bonds. The van der Waals surface area contributed by atoms with E-state index >= 15 is 0 Å². The molecule has 0 aliphatic carbocycles. The third kappa shape index (κ3) is 3.88. The monoisotopic (exact) mass is 313 g/mol. The largest absolute Gasteiger partial charge is 0.481 e. The van der Waals surface area contributed by atoms with Crippen LogP contribution in [0.3, 0.4) is 0 Å². The lowest BCUT2D eigenvalue weighted by Gasteiger charge is -2.28. The molecular formula is C13H23N5O2S. The zero-order valence-electron chi connectivity index (χ0n) is 12.8. The minimum Gasteiger partial charge on any atom is -0.481 e. The Bertz CT molecular complexity index is 493. The third-order valence-electron chi connectivity index (χ3n) is 3.64. The van der Waals surface area contributed by atoms with Gasteiger partial charge in [0.05, 0.1) is 5.75 Å². The predicted octanol–water partition coefficient (Wildman–Crippen LogP) is 1.01. The van der Waals surface area contributed by atoms with Crippen molar-refractivity contribution in [2.75, 3.05) is 37.3 Å². The van der Waals surface area contributed by atoms with Gasteiger partial charge in [0.15, 0.2) is 5.16 Å². The van der Waals surface area contributed by atoms with Gasteiger partial charge in [-0.25, -0.2) is 0 Å². The highest BCUT2D eigenvalue weighted by Crippen LogP contribution is 2.24. The normalized spacial score (nSPS) is 20.5. The van der Waals surface area contributed by atoms with Crippen LogP contribution in [0.15, 0.2) is 5.16 Å². The Kier molecular flexibility index (Phi) is 5.46. The minimum atomic E-state index is -0.836. The molecule has 1 aromatic rings. The predicted molar refractivity (Wildman–Crippen MR) is 83.0 cm³/mol. The molecule has 0 radical (unpaired) electrons. The van der Waals surface area contributed by atoms with Gasteiger partial charge in [0, 0.05) is 25.7 Å². The summed E-state index contributed by atoms with van der Waals surface area (Å²) in [5.41, 5.74) is 0. The molecule has 118 valence electrons. The lowest BCUT2D eigenvalue weighted by Crippen LogP contribution is -2.39. The molecule has 7 nitrogen and oxygen atoms in total. The van der Waals surface area contributed by atoms with Crippen molar-refractivity contribution in [3.63, 3.8) is 0 Å². The van der Waals surface area contributed by atoms with Gasteiger partial charge in [-0.15, -0.1) is 10.2 Å². The molecule has 0 bridgehead atoms. The van der Waals surface area contributed by atoms with Gasteiger partial charge in [0.25, 0.3) is 0 Å². The zero-order chi connectivity index (χ0) is 15.4. The topological polar surface area (TPSA) is 74.5 Å². The molecule has 1 saturated heterocycles. The van der Waals surface area contributed by atoms with Gasteiger partial charge >= 0.3 is 5.97 Å². The summed E-state index contributed by atoms with van der Waals surface area (Å²) in [4.78, 5) is 15.3. The standard InChI is InChI=1S/C13H23N5O2S/c1-4-17-12(14-15-13(17)21-9-11(19)20)18-7-5-6-16(3)8-10(18)2/h10H,4-9H2,1-3H3,(H,19,20). The van der Waals surface area contributed by atoms with Crippen LogP contribution < -0.4 is 4.90 Å². The number of carbonyl (C=O) groups is 1. The van der Waals surface area contributed by atoms with Crippen molar-refractivity contribution in [1.29, 1.82) is 0 Å². The first-order valence-electron chi connectivity index (χ1n) is 7.26. The van der Waals surface area contributed by atoms with E-state index in [9.17, 15) is 4.79 Å². The van der Waals surface area contributed by atoms with Crippen molar-refractivity contribution >= 4 is 23.7 Å². The first-order valence-corrected chi connectivity index (χ1v) is 8.24. The van der Waals surface area contributed by atoms with Gasteiger partial charge in [-0.2, -0.15) is 0 Å². The number of thioether (sulfide) groups is 1. The molecule has 1 fully saturated rings. The number of rotatable bonds is 5. The highest BCUT2D eigenvalue weighted by molar-refractivity contribution is 7.99. The van der Waals surface area contributed by atoms with E-state index in [0.717, 1.165) is 38.5 Å². The van der Waals surface area contributed by atoms with Crippen molar-refractivity contribution in [3.05, 3.63) is 0 Å². The molecular weight excluding hydrogens is 290 g/mol. The Labute approximate surface area is 129 Å². The van der Waals surface area contributed by atoms with E-state index in [2.05, 4.69) is 34.0 Å². The second-order valence-corrected chi connectivity index (χ2v) is 6.31. The van der Waals surface area contributed by atoms with Crippen LogP contribution in [0.5, 0.6) is 0 Å². The van der Waals surface area contributed by atoms with E-state index in [0.29, 0.717) is 11.2 Å². The summed E-state index contributed by atoms with van der Waals surface area (Å²) in [7, 11) is 2.14. The maximum atomic E-state index is 10.7. The van der Waals surface area contributed by atoms with Crippen LogP contribution in [0.1, 0.15) is 20.3 Å². The van der Waals surface area contributed by atoms with Crippen LogP contribution in [0.4, 0.5) is 5.95 Å². The summed E-state index contributed by atoms with van der Waals surface area (Å²) < 4.78 is 2.01. The molecule has 0 aromatic carbocycles. The zero-order valence-corrected chi connectivity index (χ0v) is 13.6. The smallest absolute Gasteiger partial charge is 0.313 e. The molecule has 1 aromatic heterocycles. The maximum absolute atomic E-state index is 10.7. The van der Waals surface area contributed by atoms with Gasteiger partial charge in [-0.3, -0.25) is 9.36 Å². The second kappa shape index (κ2) is 7.13. The highest BCUT2D eigenvalue weighted by Gasteiger charge is 2.25. The fraction of sp³-hybridized carbons (Fsp3) is 0.769. The van der Waals surface area contributed by atoms with E-state index in [1.54, 1.807) is 0 Å². The van der Waals surface area contributed by atoms with Gasteiger partial charge < -0.3 is 14.9 Å². The molecule has 2 heterocycles. The summed E-state index contributed by atoms with van der Waals surface area (Å²) in [5, 5.41) is 18.0. The molecule has 2 rings (SSSR count). The summed E-state index contributed by atoms with van der Waals surface area (Å²) in [6.45, 7) is 8.00. The number of anilines is 1. The average molecular weight is 313 g/mol. The van der Waals surface area contributed by atoms with Crippen LogP contribution in [-0.2, 0) is 11.3 Å². The Morgan fingerprint density at radius 3 is 2.86 bits per heavy atom. The summed E-state index contributed by atoms with van der Waals surface area (Å²) in [6, 6.07) is 0.365. The van der Waals surface area contributed by atoms with Gasteiger partial charge in [-0.1, -0.05) is 11.8 Å². The Hall–Kier alpha value is -1.28. The van der Waals surface area contributed by atoms with E-state index in [-0.39, 0.29) is 5.75 Å². The summed E-state index contributed by atoms with van der Waals surface area (Å²) in [5.74, 6) is 0.0290. The number of carboxylic acid groups (broad SMARTS) is 1. The quantitative estimate of drug-likeness (QED) is 0.813. The van der Waals surface area contributed by atoms with Crippen LogP contribution in [0.2, 0.25) is 0 Å². The number of aliphatic carboxylic acids is 1. The summed E-state index contributed by atoms with van der Waals surface area (Å²) in [6.07, 6.45) is 1.09. The van der Waals surface area contributed by atoms with Crippen LogP contribution >= 0.6 is 11.8 Å². The lowest BCUT2D eigenvalue weighted by molar-refractivity contribution is -0.133. The van der Waals surface area contributed by atoms with Crippen molar-refractivity contribution in [2.24, 2.45) is 0 Å². The van der Waals surface area contributed by atoms with E-state index in [4.69, 9.17) is 5.11 Å². The van der Waals surface area contributed by atoms with Crippen molar-refractivity contribution < 1.29 is 9.90 Å². The molecule has 1 atom stereocenters. The molecule has 1 aliphatic rings. The van der Waals surface area contributed by atoms with Gasteiger partial charge in [-0.05, 0) is 33.9 Å². The van der Waals surface area contributed by atoms with E-state index in [1.807, 2.05) is 11.5 Å². The number of likely N-dealkylation sites (N-methyl/N-ethyl adjacent to an activating group) is 1. The first kappa shape index (κ1) is 16.1. The van der Waals surface area contributed by atoms with E-state index in [1.165, 1.54) is 11.8 Å². The van der Waals surface area contributed by atoms with Crippen LogP contribution in [0.25, 0.3) is 0 Å². The minimum absolute atomic E-state index is 0.0103. The Balaban J connectivity index is 2.20. The number of nitrogens with zero attached hydrogens (tertiary/aromatic N) is 5. The highest BCUT2D eigenvalue weighted by atomic mass is 32.2. The Morgan fingerprint density at radius 2 is 2.19 bits per heavy atom. The average Bonchev–Trinajstić information content (AvgIpc) is 2.75. The maximum Gasteiger partial charge on any atom is 0.313 e. The van der Waals surface area contributed by atoms with Crippen LogP contribution in [0, 0.1) is 0 Å². The van der Waals surface area contributed by atoms with Gasteiger partial charge in [0.1, 0.15) is 0 Å².